The Morgan fingerprint density at radius 1 is 1.30 bits per heavy atom. The average molecular weight is 271 g/mol. The summed E-state index contributed by atoms with van der Waals surface area (Å²) in [5.74, 6) is 2.48. The van der Waals surface area contributed by atoms with E-state index in [1.165, 1.54) is 6.42 Å². The molecule has 3 N–H and O–H groups in total. The third-order valence-electron chi connectivity index (χ3n) is 4.13. The van der Waals surface area contributed by atoms with Gasteiger partial charge in [-0.1, -0.05) is 12.1 Å². The highest BCUT2D eigenvalue weighted by atomic mass is 16.5. The topological polar surface area (TPSA) is 60.2 Å². The Morgan fingerprint density at radius 2 is 2.20 bits per heavy atom. The predicted molar refractivity (Wildman–Crippen MR) is 82.1 cm³/mol. The number of hydrogen-bond acceptors (Lipinski definition) is 4. The maximum atomic E-state index is 5.96. The van der Waals surface area contributed by atoms with Crippen LogP contribution in [0.15, 0.2) is 30.5 Å². The molecule has 1 fully saturated rings. The van der Waals surface area contributed by atoms with Gasteiger partial charge < -0.3 is 15.8 Å². The highest BCUT2D eigenvalue weighted by Crippen LogP contribution is 2.30. The first-order valence-corrected chi connectivity index (χ1v) is 7.19. The second-order valence-corrected chi connectivity index (χ2v) is 5.54. The van der Waals surface area contributed by atoms with Crippen LogP contribution in [-0.2, 0) is 0 Å². The molecule has 0 saturated heterocycles. The molecule has 0 amide bonds. The second-order valence-electron chi connectivity index (χ2n) is 5.54. The molecular formula is C16H21N3O. The van der Waals surface area contributed by atoms with Crippen molar-refractivity contribution in [3.63, 3.8) is 0 Å². The summed E-state index contributed by atoms with van der Waals surface area (Å²) in [5.41, 5.74) is 5.96. The fourth-order valence-electron chi connectivity index (χ4n) is 3.04. The monoisotopic (exact) mass is 271 g/mol. The van der Waals surface area contributed by atoms with Gasteiger partial charge in [0.1, 0.15) is 11.6 Å². The third-order valence-corrected chi connectivity index (χ3v) is 4.13. The van der Waals surface area contributed by atoms with Crippen LogP contribution in [0.4, 0.5) is 5.82 Å². The number of methoxy groups -OCH3 is 1. The second kappa shape index (κ2) is 5.67. The fraction of sp³-hybridized carbons (Fsp3) is 0.438. The van der Waals surface area contributed by atoms with E-state index in [4.69, 9.17) is 10.5 Å². The van der Waals surface area contributed by atoms with Crippen molar-refractivity contribution in [1.82, 2.24) is 4.98 Å². The normalized spacial score (nSPS) is 22.1. The lowest BCUT2D eigenvalue weighted by molar-refractivity contribution is 0.420. The van der Waals surface area contributed by atoms with Gasteiger partial charge in [0.05, 0.1) is 7.11 Å². The zero-order valence-electron chi connectivity index (χ0n) is 11.8. The number of pyridine rings is 1. The zero-order valence-corrected chi connectivity index (χ0v) is 11.8. The van der Waals surface area contributed by atoms with Crippen LogP contribution in [0.3, 0.4) is 0 Å². The van der Waals surface area contributed by atoms with Crippen LogP contribution in [0.5, 0.6) is 5.75 Å². The summed E-state index contributed by atoms with van der Waals surface area (Å²) in [7, 11) is 1.70. The highest BCUT2D eigenvalue weighted by Gasteiger charge is 2.21. The summed E-state index contributed by atoms with van der Waals surface area (Å²) in [6, 6.07) is 8.42. The Kier molecular flexibility index (Phi) is 3.74. The highest BCUT2D eigenvalue weighted by molar-refractivity contribution is 5.95. The van der Waals surface area contributed by atoms with Gasteiger partial charge in [-0.15, -0.1) is 0 Å². The fourth-order valence-corrected chi connectivity index (χ4v) is 3.04. The smallest absolute Gasteiger partial charge is 0.133 e. The number of hydrogen-bond donors (Lipinski definition) is 2. The van der Waals surface area contributed by atoms with E-state index in [1.54, 1.807) is 7.11 Å². The molecule has 0 bridgehead atoms. The van der Waals surface area contributed by atoms with E-state index in [0.717, 1.165) is 41.7 Å². The van der Waals surface area contributed by atoms with Crippen LogP contribution in [0, 0.1) is 5.92 Å². The molecule has 4 nitrogen and oxygen atoms in total. The van der Waals surface area contributed by atoms with E-state index >= 15 is 0 Å². The molecule has 106 valence electrons. The summed E-state index contributed by atoms with van der Waals surface area (Å²) < 4.78 is 5.40. The van der Waals surface area contributed by atoms with Crippen molar-refractivity contribution < 1.29 is 4.74 Å². The summed E-state index contributed by atoms with van der Waals surface area (Å²) in [5, 5.41) is 5.68. The van der Waals surface area contributed by atoms with Gasteiger partial charge in [0.15, 0.2) is 0 Å². The summed E-state index contributed by atoms with van der Waals surface area (Å²) in [6.07, 6.45) is 5.29. The van der Waals surface area contributed by atoms with E-state index in [-0.39, 0.29) is 0 Å². The van der Waals surface area contributed by atoms with Gasteiger partial charge in [-0.2, -0.15) is 0 Å². The van der Waals surface area contributed by atoms with Crippen LogP contribution in [0.1, 0.15) is 19.3 Å². The predicted octanol–water partition coefficient (Wildman–Crippen LogP) is 2.78. The number of nitrogens with zero attached hydrogens (tertiary/aromatic N) is 1. The maximum absolute atomic E-state index is 5.96. The Bertz CT molecular complexity index is 599. The van der Waals surface area contributed by atoms with Crippen LogP contribution in [-0.4, -0.2) is 24.7 Å². The van der Waals surface area contributed by atoms with E-state index in [9.17, 15) is 0 Å². The maximum Gasteiger partial charge on any atom is 0.133 e. The van der Waals surface area contributed by atoms with E-state index < -0.39 is 0 Å². The lowest BCUT2D eigenvalue weighted by Crippen LogP contribution is -2.18. The first kappa shape index (κ1) is 13.2. The van der Waals surface area contributed by atoms with Crippen molar-refractivity contribution in [2.75, 3.05) is 19.0 Å². The lowest BCUT2D eigenvalue weighted by Gasteiger charge is -2.14. The van der Waals surface area contributed by atoms with Gasteiger partial charge in [-0.05, 0) is 37.3 Å². The van der Waals surface area contributed by atoms with E-state index in [0.29, 0.717) is 12.0 Å². The number of ether oxygens (including phenoxy) is 1. The first-order valence-electron chi connectivity index (χ1n) is 7.19. The van der Waals surface area contributed by atoms with Gasteiger partial charge in [-0.3, -0.25) is 0 Å². The molecule has 0 spiro atoms. The minimum atomic E-state index is 0.377. The Hall–Kier alpha value is -1.81. The summed E-state index contributed by atoms with van der Waals surface area (Å²) >= 11 is 0. The van der Waals surface area contributed by atoms with Crippen LogP contribution in [0.2, 0.25) is 0 Å². The van der Waals surface area contributed by atoms with Crippen molar-refractivity contribution in [2.45, 2.75) is 25.3 Å². The van der Waals surface area contributed by atoms with Gasteiger partial charge in [0.25, 0.3) is 0 Å². The van der Waals surface area contributed by atoms with Crippen molar-refractivity contribution >= 4 is 16.6 Å². The third kappa shape index (κ3) is 2.56. The Labute approximate surface area is 119 Å². The molecule has 3 rings (SSSR count). The van der Waals surface area contributed by atoms with Gasteiger partial charge >= 0.3 is 0 Å². The number of nitrogens with one attached hydrogen (secondary N) is 1. The number of anilines is 1. The lowest BCUT2D eigenvalue weighted by atomic mass is 10.1. The summed E-state index contributed by atoms with van der Waals surface area (Å²) in [4.78, 5) is 4.46. The largest absolute Gasteiger partial charge is 0.496 e. The van der Waals surface area contributed by atoms with E-state index in [2.05, 4.69) is 16.4 Å². The zero-order chi connectivity index (χ0) is 13.9. The number of benzene rings is 1. The molecule has 1 aliphatic carbocycles. The molecule has 1 heterocycles. The Morgan fingerprint density at radius 3 is 2.95 bits per heavy atom. The summed E-state index contributed by atoms with van der Waals surface area (Å²) in [6.45, 7) is 0.941. The quantitative estimate of drug-likeness (QED) is 0.897. The molecule has 2 atom stereocenters. The molecule has 1 aromatic heterocycles. The van der Waals surface area contributed by atoms with Crippen LogP contribution in [0.25, 0.3) is 10.8 Å². The molecule has 1 saturated carbocycles. The molecule has 4 heteroatoms. The molecule has 1 aromatic carbocycles. The van der Waals surface area contributed by atoms with Gasteiger partial charge in [0, 0.05) is 29.6 Å². The average Bonchev–Trinajstić information content (AvgIpc) is 2.90. The number of rotatable bonds is 4. The van der Waals surface area contributed by atoms with E-state index in [1.807, 2.05) is 24.4 Å². The van der Waals surface area contributed by atoms with Crippen molar-refractivity contribution in [1.29, 1.82) is 0 Å². The van der Waals surface area contributed by atoms with Crippen molar-refractivity contribution in [3.8, 4) is 5.75 Å². The molecule has 0 radical (unpaired) electrons. The number of aromatic nitrogens is 1. The minimum Gasteiger partial charge on any atom is -0.496 e. The minimum absolute atomic E-state index is 0.377. The molecule has 1 aliphatic rings. The van der Waals surface area contributed by atoms with Crippen LogP contribution >= 0.6 is 0 Å². The molecular weight excluding hydrogens is 250 g/mol. The SMILES string of the molecule is COc1cccc2c(NCC3CCC(N)C3)nccc12. The Balaban J connectivity index is 1.81. The van der Waals surface area contributed by atoms with Gasteiger partial charge in [0.2, 0.25) is 0 Å². The van der Waals surface area contributed by atoms with Crippen molar-refractivity contribution in [3.05, 3.63) is 30.5 Å². The first-order chi connectivity index (χ1) is 9.78. The molecule has 2 aromatic rings. The number of nitrogens with two attached hydrogens (primary N) is 1. The molecule has 2 unspecified atom stereocenters. The van der Waals surface area contributed by atoms with Crippen molar-refractivity contribution in [2.24, 2.45) is 11.7 Å². The molecule has 0 aliphatic heterocycles. The molecule has 20 heavy (non-hydrogen) atoms. The van der Waals surface area contributed by atoms with Crippen LogP contribution < -0.4 is 15.8 Å². The number of fused-ring (bicyclic) bond motifs is 1. The standard InChI is InChI=1S/C16H21N3O/c1-20-15-4-2-3-14-13(15)7-8-18-16(14)19-10-11-5-6-12(17)9-11/h2-4,7-8,11-12H,5-6,9-10,17H2,1H3,(H,18,19). The van der Waals surface area contributed by atoms with Gasteiger partial charge in [-0.25, -0.2) is 4.98 Å².